The molecule has 1 N–H and O–H groups in total. The first kappa shape index (κ1) is 20.3. The summed E-state index contributed by atoms with van der Waals surface area (Å²) in [6.07, 6.45) is 5.32. The number of aromatic amines is 1. The maximum absolute atomic E-state index is 12.5. The third-order valence-electron chi connectivity index (χ3n) is 4.76. The van der Waals surface area contributed by atoms with E-state index in [0.29, 0.717) is 17.1 Å². The van der Waals surface area contributed by atoms with Crippen LogP contribution < -0.4 is 16.1 Å². The summed E-state index contributed by atoms with van der Waals surface area (Å²) in [7, 11) is 1.66. The molecule has 0 atom stereocenters. The van der Waals surface area contributed by atoms with Crippen molar-refractivity contribution in [2.45, 2.75) is 66.3 Å². The van der Waals surface area contributed by atoms with Gasteiger partial charge in [-0.05, 0) is 25.2 Å². The molecule has 2 aromatic rings. The van der Waals surface area contributed by atoms with Crippen LogP contribution in [-0.2, 0) is 13.6 Å². The Morgan fingerprint density at radius 1 is 1.12 bits per heavy atom. The Balaban J connectivity index is 2.62. The lowest BCUT2D eigenvalue weighted by Crippen LogP contribution is -2.30. The van der Waals surface area contributed by atoms with Crippen molar-refractivity contribution < 1.29 is 0 Å². The molecule has 7 nitrogen and oxygen atoms in total. The molecule has 0 aliphatic carbocycles. The molecule has 0 unspecified atom stereocenters. The highest BCUT2D eigenvalue weighted by Crippen LogP contribution is 2.22. The van der Waals surface area contributed by atoms with Gasteiger partial charge in [0.1, 0.15) is 0 Å². The summed E-state index contributed by atoms with van der Waals surface area (Å²) in [5.41, 5.74) is 0.198. The van der Waals surface area contributed by atoms with E-state index in [-0.39, 0.29) is 5.56 Å². The van der Waals surface area contributed by atoms with E-state index in [9.17, 15) is 9.59 Å². The molecule has 2 aromatic heterocycles. The number of hydrogen-bond donors (Lipinski definition) is 1. The SMILES string of the molecule is CCCCN(CCCC)c1nc2c(c(=O)[nH]c(=O)n2C)n1CCC(C)C. The molecule has 0 saturated carbocycles. The third-order valence-corrected chi connectivity index (χ3v) is 4.76. The standard InChI is InChI=1S/C19H33N5O2/c1-6-8-11-23(12-9-7-2)18-20-16-15(24(18)13-10-14(3)4)17(25)21-19(26)22(16)5/h14H,6-13H2,1-5H3,(H,21,25,26). The lowest BCUT2D eigenvalue weighted by atomic mass is 10.1. The Morgan fingerprint density at radius 2 is 1.73 bits per heavy atom. The van der Waals surface area contributed by atoms with Gasteiger partial charge < -0.3 is 9.47 Å². The van der Waals surface area contributed by atoms with E-state index in [1.165, 1.54) is 4.57 Å². The average Bonchev–Trinajstić information content (AvgIpc) is 2.98. The normalized spacial score (nSPS) is 11.6. The molecule has 7 heteroatoms. The molecule has 0 radical (unpaired) electrons. The second-order valence-corrected chi connectivity index (χ2v) is 7.43. The van der Waals surface area contributed by atoms with Gasteiger partial charge >= 0.3 is 5.69 Å². The van der Waals surface area contributed by atoms with E-state index in [4.69, 9.17) is 4.98 Å². The minimum Gasteiger partial charge on any atom is -0.342 e. The molecule has 146 valence electrons. The number of rotatable bonds is 10. The molecule has 0 aliphatic rings. The van der Waals surface area contributed by atoms with Crippen molar-refractivity contribution in [1.82, 2.24) is 19.1 Å². The van der Waals surface area contributed by atoms with Crippen molar-refractivity contribution in [2.75, 3.05) is 18.0 Å². The fourth-order valence-corrected chi connectivity index (χ4v) is 3.07. The molecule has 0 aromatic carbocycles. The first-order chi connectivity index (χ1) is 12.4. The monoisotopic (exact) mass is 363 g/mol. The summed E-state index contributed by atoms with van der Waals surface area (Å²) in [5, 5.41) is 0. The molecule has 26 heavy (non-hydrogen) atoms. The van der Waals surface area contributed by atoms with Gasteiger partial charge in [0.25, 0.3) is 5.56 Å². The highest BCUT2D eigenvalue weighted by molar-refractivity contribution is 5.74. The molecular formula is C19H33N5O2. The minimum absolute atomic E-state index is 0.350. The van der Waals surface area contributed by atoms with Gasteiger partial charge in [-0.25, -0.2) is 4.79 Å². The molecule has 0 amide bonds. The van der Waals surface area contributed by atoms with Crippen molar-refractivity contribution in [3.05, 3.63) is 20.8 Å². The minimum atomic E-state index is -0.420. The fourth-order valence-electron chi connectivity index (χ4n) is 3.07. The van der Waals surface area contributed by atoms with Crippen LogP contribution in [0.4, 0.5) is 5.95 Å². The number of aromatic nitrogens is 4. The maximum Gasteiger partial charge on any atom is 0.329 e. The van der Waals surface area contributed by atoms with Crippen LogP contribution in [0.3, 0.4) is 0 Å². The van der Waals surface area contributed by atoms with Crippen LogP contribution in [0, 0.1) is 5.92 Å². The highest BCUT2D eigenvalue weighted by Gasteiger charge is 2.21. The number of hydrogen-bond acceptors (Lipinski definition) is 4. The van der Waals surface area contributed by atoms with Gasteiger partial charge in [0.15, 0.2) is 11.2 Å². The van der Waals surface area contributed by atoms with Gasteiger partial charge in [-0.2, -0.15) is 4.98 Å². The van der Waals surface area contributed by atoms with Crippen LogP contribution in [-0.4, -0.2) is 32.2 Å². The van der Waals surface area contributed by atoms with Gasteiger partial charge in [-0.3, -0.25) is 14.3 Å². The van der Waals surface area contributed by atoms with Crippen molar-refractivity contribution in [2.24, 2.45) is 13.0 Å². The second-order valence-electron chi connectivity index (χ2n) is 7.43. The number of nitrogens with one attached hydrogen (secondary N) is 1. The first-order valence-electron chi connectivity index (χ1n) is 9.85. The summed E-state index contributed by atoms with van der Waals surface area (Å²) < 4.78 is 3.45. The van der Waals surface area contributed by atoms with Crippen molar-refractivity contribution in [1.29, 1.82) is 0 Å². The number of fused-ring (bicyclic) bond motifs is 1. The van der Waals surface area contributed by atoms with E-state index in [1.807, 2.05) is 4.57 Å². The number of anilines is 1. The predicted octanol–water partition coefficient (Wildman–Crippen LogP) is 2.88. The van der Waals surface area contributed by atoms with Crippen LogP contribution in [0.15, 0.2) is 9.59 Å². The molecule has 0 spiro atoms. The number of nitrogens with zero attached hydrogens (tertiary/aromatic N) is 4. The van der Waals surface area contributed by atoms with Crippen molar-refractivity contribution in [3.63, 3.8) is 0 Å². The van der Waals surface area contributed by atoms with Crippen LogP contribution in [0.2, 0.25) is 0 Å². The Bertz CT molecular complexity index is 823. The van der Waals surface area contributed by atoms with Crippen LogP contribution in [0.5, 0.6) is 0 Å². The topological polar surface area (TPSA) is 75.9 Å². The molecule has 0 fully saturated rings. The zero-order valence-electron chi connectivity index (χ0n) is 16.8. The van der Waals surface area contributed by atoms with Gasteiger partial charge in [0.2, 0.25) is 5.95 Å². The summed E-state index contributed by atoms with van der Waals surface area (Å²) in [6.45, 7) is 11.2. The Morgan fingerprint density at radius 3 is 2.27 bits per heavy atom. The first-order valence-corrected chi connectivity index (χ1v) is 9.85. The molecule has 0 saturated heterocycles. The van der Waals surface area contributed by atoms with Crippen LogP contribution in [0.25, 0.3) is 11.2 Å². The van der Waals surface area contributed by atoms with Crippen molar-refractivity contribution in [3.8, 4) is 0 Å². The lowest BCUT2D eigenvalue weighted by Gasteiger charge is -2.24. The third kappa shape index (κ3) is 4.37. The zero-order valence-corrected chi connectivity index (χ0v) is 16.8. The smallest absolute Gasteiger partial charge is 0.329 e. The number of H-pyrrole nitrogens is 1. The van der Waals surface area contributed by atoms with Crippen LogP contribution in [0.1, 0.15) is 59.8 Å². The summed E-state index contributed by atoms with van der Waals surface area (Å²) in [6, 6.07) is 0. The van der Waals surface area contributed by atoms with E-state index < -0.39 is 5.69 Å². The van der Waals surface area contributed by atoms with E-state index in [0.717, 1.165) is 57.7 Å². The molecule has 2 heterocycles. The Hall–Kier alpha value is -2.05. The fraction of sp³-hybridized carbons (Fsp3) is 0.737. The van der Waals surface area contributed by atoms with E-state index in [1.54, 1.807) is 7.05 Å². The number of unbranched alkanes of at least 4 members (excludes halogenated alkanes) is 2. The summed E-state index contributed by atoms with van der Waals surface area (Å²) >= 11 is 0. The molecule has 0 aliphatic heterocycles. The highest BCUT2D eigenvalue weighted by atomic mass is 16.2. The predicted molar refractivity (Wildman–Crippen MR) is 107 cm³/mol. The van der Waals surface area contributed by atoms with E-state index >= 15 is 0 Å². The van der Waals surface area contributed by atoms with Gasteiger partial charge in [-0.1, -0.05) is 40.5 Å². The van der Waals surface area contributed by atoms with Gasteiger partial charge in [0, 0.05) is 26.7 Å². The average molecular weight is 364 g/mol. The van der Waals surface area contributed by atoms with Crippen molar-refractivity contribution >= 4 is 17.1 Å². The number of aryl methyl sites for hydroxylation is 2. The van der Waals surface area contributed by atoms with E-state index in [2.05, 4.69) is 37.6 Å². The number of imidazole rings is 1. The second kappa shape index (κ2) is 9.05. The summed E-state index contributed by atoms with van der Waals surface area (Å²) in [5.74, 6) is 1.33. The Kier molecular flexibility index (Phi) is 7.06. The van der Waals surface area contributed by atoms with Gasteiger partial charge in [0.05, 0.1) is 0 Å². The molecule has 2 rings (SSSR count). The molecule has 0 bridgehead atoms. The Labute approximate surface area is 155 Å². The quantitative estimate of drug-likeness (QED) is 0.704. The largest absolute Gasteiger partial charge is 0.342 e. The van der Waals surface area contributed by atoms with Crippen LogP contribution >= 0.6 is 0 Å². The maximum atomic E-state index is 12.5. The zero-order chi connectivity index (χ0) is 19.3. The summed E-state index contributed by atoms with van der Waals surface area (Å²) in [4.78, 5) is 34.0. The molecular weight excluding hydrogens is 330 g/mol. The lowest BCUT2D eigenvalue weighted by molar-refractivity contribution is 0.516. The van der Waals surface area contributed by atoms with Gasteiger partial charge in [-0.15, -0.1) is 0 Å².